The Hall–Kier alpha value is 0.120. The maximum Gasteiger partial charge on any atom is 0.168 e. The Morgan fingerprint density at radius 3 is 2.77 bits per heavy atom. The van der Waals surface area contributed by atoms with Gasteiger partial charge in [-0.1, -0.05) is 15.9 Å². The van der Waals surface area contributed by atoms with Crippen molar-refractivity contribution in [1.29, 1.82) is 0 Å². The maximum atomic E-state index is 5.39. The van der Waals surface area contributed by atoms with Crippen molar-refractivity contribution >= 4 is 61.5 Å². The van der Waals surface area contributed by atoms with E-state index in [4.69, 9.17) is 18.0 Å². The van der Waals surface area contributed by atoms with Crippen molar-refractivity contribution in [1.82, 2.24) is 0 Å². The lowest BCUT2D eigenvalue weighted by Crippen LogP contribution is -2.19. The van der Waals surface area contributed by atoms with E-state index >= 15 is 0 Å². The highest BCUT2D eigenvalue weighted by molar-refractivity contribution is 14.1. The number of hydrogen-bond acceptors (Lipinski definition) is 1. The second kappa shape index (κ2) is 4.56. The van der Waals surface area contributed by atoms with Gasteiger partial charge in [-0.05, 0) is 59.4 Å². The Morgan fingerprint density at radius 1 is 1.62 bits per heavy atom. The van der Waals surface area contributed by atoms with Gasteiger partial charge < -0.3 is 11.1 Å². The fraction of sp³-hybridized carbons (Fsp3) is 0.125. The summed E-state index contributed by atoms with van der Waals surface area (Å²) in [5.74, 6) is 0. The summed E-state index contributed by atoms with van der Waals surface area (Å²) >= 11 is 10.5. The standard InChI is InChI=1S/C8H8BrIN2S/c1-4-5(9)2-3-6(7(4)10)12-8(11)13/h2-3H,1H3,(H3,11,12,13). The van der Waals surface area contributed by atoms with Crippen LogP contribution in [0, 0.1) is 10.5 Å². The Morgan fingerprint density at radius 2 is 2.23 bits per heavy atom. The third-order valence-corrected chi connectivity index (χ3v) is 3.93. The molecule has 0 heterocycles. The van der Waals surface area contributed by atoms with Crippen molar-refractivity contribution in [3.63, 3.8) is 0 Å². The molecule has 0 aromatic heterocycles. The molecule has 0 amide bonds. The third-order valence-electron chi connectivity index (χ3n) is 1.58. The van der Waals surface area contributed by atoms with Crippen molar-refractivity contribution in [2.24, 2.45) is 5.73 Å². The van der Waals surface area contributed by atoms with Crippen LogP contribution in [0.1, 0.15) is 5.56 Å². The monoisotopic (exact) mass is 370 g/mol. The Bertz CT molecular complexity index is 354. The van der Waals surface area contributed by atoms with Gasteiger partial charge in [0.2, 0.25) is 0 Å². The highest BCUT2D eigenvalue weighted by Crippen LogP contribution is 2.27. The molecule has 13 heavy (non-hydrogen) atoms. The fourth-order valence-electron chi connectivity index (χ4n) is 0.891. The van der Waals surface area contributed by atoms with Crippen molar-refractivity contribution in [2.75, 3.05) is 5.32 Å². The Kier molecular flexibility index (Phi) is 3.93. The lowest BCUT2D eigenvalue weighted by atomic mass is 10.2. The molecule has 70 valence electrons. The minimum Gasteiger partial charge on any atom is -0.376 e. The first-order valence-electron chi connectivity index (χ1n) is 3.53. The van der Waals surface area contributed by atoms with Gasteiger partial charge in [-0.25, -0.2) is 0 Å². The van der Waals surface area contributed by atoms with E-state index in [0.717, 1.165) is 13.7 Å². The van der Waals surface area contributed by atoms with Crippen LogP contribution in [-0.4, -0.2) is 5.11 Å². The van der Waals surface area contributed by atoms with Crippen LogP contribution < -0.4 is 11.1 Å². The minimum atomic E-state index is 0.291. The number of rotatable bonds is 1. The molecule has 0 bridgehead atoms. The smallest absolute Gasteiger partial charge is 0.168 e. The number of thiocarbonyl (C=S) groups is 1. The van der Waals surface area contributed by atoms with E-state index in [1.807, 2.05) is 19.1 Å². The number of anilines is 1. The minimum absolute atomic E-state index is 0.291. The molecule has 0 unspecified atom stereocenters. The van der Waals surface area contributed by atoms with Gasteiger partial charge in [0.15, 0.2) is 5.11 Å². The van der Waals surface area contributed by atoms with E-state index in [-0.39, 0.29) is 0 Å². The SMILES string of the molecule is Cc1c(Br)ccc(NC(N)=S)c1I. The molecule has 1 aromatic carbocycles. The van der Waals surface area contributed by atoms with Crippen LogP contribution in [0.25, 0.3) is 0 Å². The molecular weight excluding hydrogens is 363 g/mol. The number of halogens is 2. The zero-order valence-corrected chi connectivity index (χ0v) is 11.5. The largest absolute Gasteiger partial charge is 0.376 e. The summed E-state index contributed by atoms with van der Waals surface area (Å²) in [5.41, 5.74) is 7.52. The lowest BCUT2D eigenvalue weighted by molar-refractivity contribution is 1.38. The molecule has 1 aromatic rings. The molecule has 0 spiro atoms. The first-order chi connectivity index (χ1) is 6.02. The van der Waals surface area contributed by atoms with E-state index in [2.05, 4.69) is 43.8 Å². The predicted octanol–water partition coefficient (Wildman–Crippen LogP) is 3.02. The summed E-state index contributed by atoms with van der Waals surface area (Å²) < 4.78 is 2.21. The molecule has 5 heteroatoms. The normalized spacial score (nSPS) is 9.77. The Labute approximate surface area is 105 Å². The van der Waals surface area contributed by atoms with Crippen molar-refractivity contribution in [3.05, 3.63) is 25.7 Å². The van der Waals surface area contributed by atoms with Gasteiger partial charge in [-0.2, -0.15) is 0 Å². The van der Waals surface area contributed by atoms with Crippen LogP contribution >= 0.6 is 50.7 Å². The van der Waals surface area contributed by atoms with Gasteiger partial charge in [0.05, 0.1) is 5.69 Å². The van der Waals surface area contributed by atoms with Crippen LogP contribution in [0.4, 0.5) is 5.69 Å². The molecule has 0 aliphatic heterocycles. The lowest BCUT2D eigenvalue weighted by Gasteiger charge is -2.09. The average Bonchev–Trinajstić information content (AvgIpc) is 2.06. The molecule has 0 fully saturated rings. The first-order valence-corrected chi connectivity index (χ1v) is 5.81. The van der Waals surface area contributed by atoms with E-state index < -0.39 is 0 Å². The topological polar surface area (TPSA) is 38.0 Å². The van der Waals surface area contributed by atoms with E-state index in [9.17, 15) is 0 Å². The molecule has 0 saturated carbocycles. The van der Waals surface area contributed by atoms with Crippen molar-refractivity contribution in [3.8, 4) is 0 Å². The second-order valence-corrected chi connectivity index (χ2v) is 4.90. The van der Waals surface area contributed by atoms with E-state index in [1.165, 1.54) is 5.56 Å². The van der Waals surface area contributed by atoms with Crippen molar-refractivity contribution in [2.45, 2.75) is 6.92 Å². The quantitative estimate of drug-likeness (QED) is 0.589. The van der Waals surface area contributed by atoms with Crippen molar-refractivity contribution < 1.29 is 0 Å². The molecule has 0 atom stereocenters. The Balaban J connectivity index is 3.10. The number of nitrogens with two attached hydrogens (primary N) is 1. The van der Waals surface area contributed by atoms with E-state index in [1.54, 1.807) is 0 Å². The maximum absolute atomic E-state index is 5.39. The second-order valence-electron chi connectivity index (χ2n) is 2.52. The molecule has 0 saturated heterocycles. The van der Waals surface area contributed by atoms with Gasteiger partial charge in [-0.3, -0.25) is 0 Å². The van der Waals surface area contributed by atoms with Crippen LogP contribution in [0.15, 0.2) is 16.6 Å². The molecule has 0 aliphatic carbocycles. The number of nitrogens with one attached hydrogen (secondary N) is 1. The van der Waals surface area contributed by atoms with E-state index in [0.29, 0.717) is 5.11 Å². The van der Waals surface area contributed by atoms with Crippen LogP contribution in [-0.2, 0) is 0 Å². The summed E-state index contributed by atoms with van der Waals surface area (Å²) in [6.45, 7) is 2.04. The molecule has 0 aliphatic rings. The van der Waals surface area contributed by atoms with Gasteiger partial charge >= 0.3 is 0 Å². The summed E-state index contributed by atoms with van der Waals surface area (Å²) in [6, 6.07) is 3.91. The molecule has 0 radical (unpaired) electrons. The summed E-state index contributed by atoms with van der Waals surface area (Å²) in [4.78, 5) is 0. The molecule has 3 N–H and O–H groups in total. The van der Waals surface area contributed by atoms with Gasteiger partial charge in [-0.15, -0.1) is 0 Å². The molecule has 2 nitrogen and oxygen atoms in total. The van der Waals surface area contributed by atoms with Gasteiger partial charge in [0.1, 0.15) is 0 Å². The molecular formula is C8H8BrIN2S. The fourth-order valence-corrected chi connectivity index (χ4v) is 2.31. The first kappa shape index (κ1) is 11.2. The van der Waals surface area contributed by atoms with Crippen LogP contribution in [0.2, 0.25) is 0 Å². The summed E-state index contributed by atoms with van der Waals surface area (Å²) in [5, 5.41) is 3.21. The zero-order chi connectivity index (χ0) is 10.0. The average molecular weight is 371 g/mol. The molecule has 1 rings (SSSR count). The number of hydrogen-bond donors (Lipinski definition) is 2. The van der Waals surface area contributed by atoms with Crippen LogP contribution in [0.3, 0.4) is 0 Å². The predicted molar refractivity (Wildman–Crippen MR) is 72.0 cm³/mol. The summed E-state index contributed by atoms with van der Waals surface area (Å²) in [7, 11) is 0. The number of benzene rings is 1. The van der Waals surface area contributed by atoms with Gasteiger partial charge in [0.25, 0.3) is 0 Å². The van der Waals surface area contributed by atoms with Gasteiger partial charge in [0, 0.05) is 8.04 Å². The highest BCUT2D eigenvalue weighted by atomic mass is 127. The summed E-state index contributed by atoms with van der Waals surface area (Å²) in [6.07, 6.45) is 0. The highest BCUT2D eigenvalue weighted by Gasteiger charge is 2.05. The zero-order valence-electron chi connectivity index (χ0n) is 6.90. The third kappa shape index (κ3) is 2.78. The van der Waals surface area contributed by atoms with Crippen LogP contribution in [0.5, 0.6) is 0 Å².